The minimum atomic E-state index is -4.56. The molecule has 0 spiro atoms. The third-order valence-electron chi connectivity index (χ3n) is 14.8. The van der Waals surface area contributed by atoms with Crippen molar-refractivity contribution in [1.82, 2.24) is 19.1 Å². The van der Waals surface area contributed by atoms with Crippen LogP contribution in [0.2, 0.25) is 0 Å². The topological polar surface area (TPSA) is 35.6 Å². The fourth-order valence-corrected chi connectivity index (χ4v) is 11.2. The standard InChI is InChI=1S/C68H44F6N4/c1-41-25-30-50(57(35-41)68(72,73)74)46-27-33-64-55(38-46)52-20-10-14-24-62(52)78(64)65-34-28-47(59-40-58(43-15-5-3-6-16-43)75-66(76-59)44-17-7-4-8-18-44)39-56(65)53-21-11-13-23-61(53)77-60-22-12-9-19-51(60)54-37-45(26-32-63(54)77)49-31-29-48(36-42(49)2)67(69,70)71/h3-40H,1-2H3. The van der Waals surface area contributed by atoms with Crippen LogP contribution in [0.4, 0.5) is 26.3 Å². The summed E-state index contributed by atoms with van der Waals surface area (Å²) in [4.78, 5) is 10.3. The molecule has 0 fully saturated rings. The molecule has 13 aromatic rings. The summed E-state index contributed by atoms with van der Waals surface area (Å²) in [6, 6.07) is 72.5. The molecule has 13 rings (SSSR count). The molecule has 0 aliphatic carbocycles. The highest BCUT2D eigenvalue weighted by atomic mass is 19.4. The number of halogens is 6. The van der Waals surface area contributed by atoms with Gasteiger partial charge in [-0.3, -0.25) is 0 Å². The fraction of sp³-hybridized carbons (Fsp3) is 0.0588. The van der Waals surface area contributed by atoms with Crippen LogP contribution in [0.25, 0.3) is 122 Å². The van der Waals surface area contributed by atoms with E-state index in [9.17, 15) is 26.3 Å². The van der Waals surface area contributed by atoms with Gasteiger partial charge in [-0.25, -0.2) is 9.97 Å². The quantitative estimate of drug-likeness (QED) is 0.142. The van der Waals surface area contributed by atoms with Crippen molar-refractivity contribution in [3.8, 4) is 78.7 Å². The monoisotopic (exact) mass is 1030 g/mol. The highest BCUT2D eigenvalue weighted by Gasteiger charge is 2.34. The van der Waals surface area contributed by atoms with E-state index in [1.54, 1.807) is 38.1 Å². The third-order valence-corrected chi connectivity index (χ3v) is 14.8. The summed E-state index contributed by atoms with van der Waals surface area (Å²) >= 11 is 0. The zero-order valence-corrected chi connectivity index (χ0v) is 42.0. The first-order valence-corrected chi connectivity index (χ1v) is 25.4. The molecule has 0 aliphatic rings. The van der Waals surface area contributed by atoms with Crippen LogP contribution in [0.5, 0.6) is 0 Å². The van der Waals surface area contributed by atoms with Crippen LogP contribution in [-0.4, -0.2) is 19.1 Å². The summed E-state index contributed by atoms with van der Waals surface area (Å²) in [7, 11) is 0. The van der Waals surface area contributed by atoms with Crippen molar-refractivity contribution in [2.45, 2.75) is 26.2 Å². The Hall–Kier alpha value is -9.54. The molecule has 10 heteroatoms. The highest BCUT2D eigenvalue weighted by Crippen LogP contribution is 2.45. The number of aromatic nitrogens is 4. The molecule has 3 heterocycles. The first-order valence-electron chi connectivity index (χ1n) is 25.4. The van der Waals surface area contributed by atoms with Gasteiger partial charge in [-0.1, -0.05) is 157 Å². The molecular weight excluding hydrogens is 987 g/mol. The van der Waals surface area contributed by atoms with Crippen molar-refractivity contribution in [3.05, 3.63) is 253 Å². The molecule has 0 aliphatic heterocycles. The van der Waals surface area contributed by atoms with Crippen molar-refractivity contribution in [3.63, 3.8) is 0 Å². The minimum absolute atomic E-state index is 0.105. The summed E-state index contributed by atoms with van der Waals surface area (Å²) in [5.74, 6) is 0.564. The summed E-state index contributed by atoms with van der Waals surface area (Å²) in [5.41, 5.74) is 12.6. The largest absolute Gasteiger partial charge is 0.417 e. The molecule has 0 atom stereocenters. The molecule has 378 valence electrons. The van der Waals surface area contributed by atoms with Crippen molar-refractivity contribution >= 4 is 43.6 Å². The second kappa shape index (κ2) is 18.6. The number of benzene rings is 10. The molecule has 0 unspecified atom stereocenters. The van der Waals surface area contributed by atoms with Gasteiger partial charge in [-0.05, 0) is 121 Å². The maximum Gasteiger partial charge on any atom is 0.417 e. The number of alkyl halides is 6. The number of nitrogens with zero attached hydrogens (tertiary/aromatic N) is 4. The average Bonchev–Trinajstić information content (AvgIpc) is 4.15. The van der Waals surface area contributed by atoms with Gasteiger partial charge in [-0.2, -0.15) is 26.3 Å². The van der Waals surface area contributed by atoms with Crippen LogP contribution in [0.1, 0.15) is 22.3 Å². The van der Waals surface area contributed by atoms with Gasteiger partial charge >= 0.3 is 12.4 Å². The lowest BCUT2D eigenvalue weighted by atomic mass is 9.95. The van der Waals surface area contributed by atoms with E-state index >= 15 is 0 Å². The molecular formula is C68H44F6N4. The van der Waals surface area contributed by atoms with Gasteiger partial charge in [0.05, 0.1) is 56.0 Å². The SMILES string of the molecule is Cc1ccc(-c2ccc3c(c2)c2ccccc2n3-c2ccc(-c3cc(-c4ccccc4)nc(-c4ccccc4)n3)cc2-c2ccccc2-n2c3ccccc3c3cc(-c4ccc(C(F)(F)F)cc4C)ccc32)c(C(F)(F)F)c1. The Morgan fingerprint density at radius 1 is 0.333 bits per heavy atom. The van der Waals surface area contributed by atoms with E-state index in [1.165, 1.54) is 12.1 Å². The smallest absolute Gasteiger partial charge is 0.309 e. The van der Waals surface area contributed by atoms with Crippen LogP contribution in [0.3, 0.4) is 0 Å². The van der Waals surface area contributed by atoms with Crippen LogP contribution in [-0.2, 0) is 12.4 Å². The Labute approximate surface area is 444 Å². The van der Waals surface area contributed by atoms with E-state index in [0.29, 0.717) is 33.8 Å². The number of aryl methyl sites for hydroxylation is 2. The van der Waals surface area contributed by atoms with E-state index in [2.05, 4.69) is 57.7 Å². The van der Waals surface area contributed by atoms with Crippen molar-refractivity contribution in [1.29, 1.82) is 0 Å². The zero-order chi connectivity index (χ0) is 53.5. The number of hydrogen-bond acceptors (Lipinski definition) is 2. The molecule has 0 saturated carbocycles. The first-order chi connectivity index (χ1) is 37.8. The molecule has 0 saturated heterocycles. The van der Waals surface area contributed by atoms with Gasteiger partial charge in [0.1, 0.15) is 0 Å². The van der Waals surface area contributed by atoms with E-state index in [4.69, 9.17) is 9.97 Å². The second-order valence-electron chi connectivity index (χ2n) is 19.7. The van der Waals surface area contributed by atoms with E-state index in [1.807, 2.05) is 140 Å². The molecule has 0 N–H and O–H groups in total. The molecule has 10 aromatic carbocycles. The Kier molecular flexibility index (Phi) is 11.5. The van der Waals surface area contributed by atoms with Crippen LogP contribution >= 0.6 is 0 Å². The minimum Gasteiger partial charge on any atom is -0.309 e. The van der Waals surface area contributed by atoms with Gasteiger partial charge in [0.25, 0.3) is 0 Å². The Balaban J connectivity index is 1.07. The van der Waals surface area contributed by atoms with Crippen LogP contribution in [0, 0.1) is 13.8 Å². The van der Waals surface area contributed by atoms with Crippen LogP contribution in [0.15, 0.2) is 231 Å². The first kappa shape index (κ1) is 48.1. The molecule has 3 aromatic heterocycles. The van der Waals surface area contributed by atoms with E-state index in [0.717, 1.165) is 100 Å². The Morgan fingerprint density at radius 2 is 0.846 bits per heavy atom. The van der Waals surface area contributed by atoms with Gasteiger partial charge in [0, 0.05) is 49.4 Å². The summed E-state index contributed by atoms with van der Waals surface area (Å²) < 4.78 is 89.9. The average molecular weight is 1030 g/mol. The molecule has 0 radical (unpaired) electrons. The number of rotatable bonds is 8. The van der Waals surface area contributed by atoms with E-state index in [-0.39, 0.29) is 5.56 Å². The summed E-state index contributed by atoms with van der Waals surface area (Å²) in [5, 5.41) is 3.55. The Morgan fingerprint density at radius 3 is 1.46 bits per heavy atom. The third kappa shape index (κ3) is 8.37. The number of para-hydroxylation sites is 3. The van der Waals surface area contributed by atoms with Crippen molar-refractivity contribution in [2.24, 2.45) is 0 Å². The predicted molar refractivity (Wildman–Crippen MR) is 303 cm³/mol. The highest BCUT2D eigenvalue weighted by molar-refractivity contribution is 6.13. The molecule has 78 heavy (non-hydrogen) atoms. The van der Waals surface area contributed by atoms with Gasteiger partial charge in [0.2, 0.25) is 0 Å². The predicted octanol–water partition coefficient (Wildman–Crippen LogP) is 19.3. The lowest BCUT2D eigenvalue weighted by Crippen LogP contribution is -2.07. The van der Waals surface area contributed by atoms with Gasteiger partial charge in [-0.15, -0.1) is 0 Å². The van der Waals surface area contributed by atoms with Gasteiger partial charge < -0.3 is 9.13 Å². The lowest BCUT2D eigenvalue weighted by Gasteiger charge is -2.20. The van der Waals surface area contributed by atoms with Crippen molar-refractivity contribution in [2.75, 3.05) is 0 Å². The molecule has 4 nitrogen and oxygen atoms in total. The molecule has 0 amide bonds. The summed E-state index contributed by atoms with van der Waals surface area (Å²) in [6.45, 7) is 3.37. The molecule has 0 bridgehead atoms. The zero-order valence-electron chi connectivity index (χ0n) is 42.0. The maximum atomic E-state index is 14.7. The van der Waals surface area contributed by atoms with Crippen molar-refractivity contribution < 1.29 is 26.3 Å². The second-order valence-corrected chi connectivity index (χ2v) is 19.7. The lowest BCUT2D eigenvalue weighted by molar-refractivity contribution is -0.138. The maximum absolute atomic E-state index is 14.7. The normalized spacial score (nSPS) is 12.1. The fourth-order valence-electron chi connectivity index (χ4n) is 11.2. The number of hydrogen-bond donors (Lipinski definition) is 0. The Bertz CT molecular complexity index is 4440. The van der Waals surface area contributed by atoms with E-state index < -0.39 is 23.5 Å². The number of fused-ring (bicyclic) bond motifs is 6. The summed E-state index contributed by atoms with van der Waals surface area (Å²) in [6.07, 6.45) is -9.03. The van der Waals surface area contributed by atoms with Crippen LogP contribution < -0.4 is 0 Å². The van der Waals surface area contributed by atoms with Gasteiger partial charge in [0.15, 0.2) is 5.82 Å².